The van der Waals surface area contributed by atoms with Crippen molar-refractivity contribution in [2.75, 3.05) is 19.7 Å². The maximum absolute atomic E-state index is 12.4. The molecule has 3 heterocycles. The summed E-state index contributed by atoms with van der Waals surface area (Å²) in [6.07, 6.45) is 9.89. The summed E-state index contributed by atoms with van der Waals surface area (Å²) in [7, 11) is 0. The number of rotatable bonds is 4. The highest BCUT2D eigenvalue weighted by molar-refractivity contribution is 5.76. The highest BCUT2D eigenvalue weighted by Gasteiger charge is 2.28. The number of ether oxygens (including phenoxy) is 1. The van der Waals surface area contributed by atoms with Crippen LogP contribution in [0.5, 0.6) is 0 Å². The number of hydrogen-bond acceptors (Lipinski definition) is 3. The lowest BCUT2D eigenvalue weighted by molar-refractivity contribution is -0.135. The molecule has 1 aromatic rings. The van der Waals surface area contributed by atoms with Crippen LogP contribution in [0.25, 0.3) is 0 Å². The summed E-state index contributed by atoms with van der Waals surface area (Å²) in [5.74, 6) is 1.37. The van der Waals surface area contributed by atoms with Gasteiger partial charge in [0.15, 0.2) is 0 Å². The van der Waals surface area contributed by atoms with Gasteiger partial charge in [-0.3, -0.25) is 4.79 Å². The first-order valence-corrected chi connectivity index (χ1v) is 8.19. The molecule has 3 rings (SSSR count). The first-order chi connectivity index (χ1) is 10.3. The first-order valence-electron chi connectivity index (χ1n) is 8.19. The van der Waals surface area contributed by atoms with Crippen molar-refractivity contribution in [2.45, 2.75) is 57.6 Å². The monoisotopic (exact) mass is 291 g/mol. The Kier molecular flexibility index (Phi) is 4.58. The van der Waals surface area contributed by atoms with Crippen LogP contribution < -0.4 is 0 Å². The van der Waals surface area contributed by atoms with E-state index < -0.39 is 0 Å². The van der Waals surface area contributed by atoms with Gasteiger partial charge in [0.05, 0.1) is 18.6 Å². The van der Waals surface area contributed by atoms with Crippen molar-refractivity contribution in [1.29, 1.82) is 0 Å². The first kappa shape index (κ1) is 14.6. The van der Waals surface area contributed by atoms with E-state index in [0.29, 0.717) is 12.5 Å². The molecule has 5 nitrogen and oxygen atoms in total. The molecule has 2 fully saturated rings. The van der Waals surface area contributed by atoms with Gasteiger partial charge in [-0.25, -0.2) is 4.98 Å². The maximum Gasteiger partial charge on any atom is 0.225 e. The van der Waals surface area contributed by atoms with Gasteiger partial charge in [-0.2, -0.15) is 0 Å². The topological polar surface area (TPSA) is 47.4 Å². The number of nitrogens with zero attached hydrogens (tertiary/aromatic N) is 3. The van der Waals surface area contributed by atoms with Crippen LogP contribution in [0.15, 0.2) is 12.4 Å². The van der Waals surface area contributed by atoms with Crippen molar-refractivity contribution in [3.05, 3.63) is 18.2 Å². The van der Waals surface area contributed by atoms with Gasteiger partial charge in [-0.15, -0.1) is 0 Å². The molecule has 2 atom stereocenters. The van der Waals surface area contributed by atoms with Crippen LogP contribution >= 0.6 is 0 Å². The van der Waals surface area contributed by atoms with E-state index >= 15 is 0 Å². The number of aromatic nitrogens is 2. The normalized spacial score (nSPS) is 26.2. The Morgan fingerprint density at radius 3 is 3.10 bits per heavy atom. The standard InChI is InChI=1S/C16H25N3O2/c1-2-15-17-7-9-19(15)13-5-3-8-18(12-13)16(20)11-14-6-4-10-21-14/h7,9,13-14H,2-6,8,10-12H2,1H3/t13-,14+/m1/s1. The Hall–Kier alpha value is -1.36. The zero-order valence-corrected chi connectivity index (χ0v) is 12.8. The Labute approximate surface area is 126 Å². The van der Waals surface area contributed by atoms with Crippen LogP contribution in [-0.4, -0.2) is 46.2 Å². The molecule has 0 bridgehead atoms. The van der Waals surface area contributed by atoms with E-state index in [4.69, 9.17) is 4.74 Å². The number of hydrogen-bond donors (Lipinski definition) is 0. The van der Waals surface area contributed by atoms with Crippen molar-refractivity contribution < 1.29 is 9.53 Å². The lowest BCUT2D eigenvalue weighted by Gasteiger charge is -2.34. The summed E-state index contributed by atoms with van der Waals surface area (Å²) in [6, 6.07) is 0.379. The second-order valence-electron chi connectivity index (χ2n) is 6.08. The van der Waals surface area contributed by atoms with Gasteiger partial charge < -0.3 is 14.2 Å². The molecule has 0 radical (unpaired) electrons. The molecule has 2 aliphatic rings. The van der Waals surface area contributed by atoms with Crippen LogP contribution in [0.1, 0.15) is 50.9 Å². The predicted octanol–water partition coefficient (Wildman–Crippen LogP) is 2.18. The second-order valence-corrected chi connectivity index (χ2v) is 6.08. The molecule has 2 saturated heterocycles. The summed E-state index contributed by atoms with van der Waals surface area (Å²) >= 11 is 0. The third-order valence-corrected chi connectivity index (χ3v) is 4.63. The second kappa shape index (κ2) is 6.60. The number of likely N-dealkylation sites (tertiary alicyclic amines) is 1. The van der Waals surface area contributed by atoms with Crippen molar-refractivity contribution in [3.63, 3.8) is 0 Å². The zero-order chi connectivity index (χ0) is 14.7. The Morgan fingerprint density at radius 1 is 1.43 bits per heavy atom. The molecule has 1 aromatic heterocycles. The molecular formula is C16H25N3O2. The van der Waals surface area contributed by atoms with Crippen LogP contribution in [0.4, 0.5) is 0 Å². The van der Waals surface area contributed by atoms with E-state index in [0.717, 1.165) is 57.6 Å². The number of carbonyl (C=O) groups is 1. The van der Waals surface area contributed by atoms with Crippen molar-refractivity contribution >= 4 is 5.91 Å². The fourth-order valence-corrected chi connectivity index (χ4v) is 3.49. The lowest BCUT2D eigenvalue weighted by atomic mass is 10.0. The average Bonchev–Trinajstić information content (AvgIpc) is 3.18. The van der Waals surface area contributed by atoms with Crippen LogP contribution in [0.3, 0.4) is 0 Å². The van der Waals surface area contributed by atoms with Gasteiger partial charge >= 0.3 is 0 Å². The summed E-state index contributed by atoms with van der Waals surface area (Å²) in [5.41, 5.74) is 0. The van der Waals surface area contributed by atoms with Gasteiger partial charge in [-0.1, -0.05) is 6.92 Å². The minimum absolute atomic E-state index is 0.150. The van der Waals surface area contributed by atoms with E-state index in [-0.39, 0.29) is 12.0 Å². The fourth-order valence-electron chi connectivity index (χ4n) is 3.49. The minimum atomic E-state index is 0.150. The summed E-state index contributed by atoms with van der Waals surface area (Å²) in [6.45, 7) is 4.64. The number of amides is 1. The highest BCUT2D eigenvalue weighted by atomic mass is 16.5. The Balaban J connectivity index is 1.61. The largest absolute Gasteiger partial charge is 0.378 e. The lowest BCUT2D eigenvalue weighted by Crippen LogP contribution is -2.42. The van der Waals surface area contributed by atoms with Crippen LogP contribution in [0.2, 0.25) is 0 Å². The molecule has 5 heteroatoms. The molecule has 0 N–H and O–H groups in total. The molecule has 0 saturated carbocycles. The molecule has 1 amide bonds. The SMILES string of the molecule is CCc1nccn1[C@@H]1CCCN(C(=O)C[C@@H]2CCCO2)C1. The number of carbonyl (C=O) groups excluding carboxylic acids is 1. The zero-order valence-electron chi connectivity index (χ0n) is 12.8. The molecule has 116 valence electrons. The minimum Gasteiger partial charge on any atom is -0.378 e. The van der Waals surface area contributed by atoms with Gasteiger partial charge in [0.2, 0.25) is 5.91 Å². The molecule has 21 heavy (non-hydrogen) atoms. The van der Waals surface area contributed by atoms with Gasteiger partial charge in [0.1, 0.15) is 5.82 Å². The number of piperidine rings is 1. The molecule has 0 spiro atoms. The third kappa shape index (κ3) is 3.28. The average molecular weight is 291 g/mol. The maximum atomic E-state index is 12.4. The van der Waals surface area contributed by atoms with Gasteiger partial charge in [0, 0.05) is 38.5 Å². The van der Waals surface area contributed by atoms with E-state index in [1.807, 2.05) is 11.1 Å². The van der Waals surface area contributed by atoms with E-state index in [1.54, 1.807) is 0 Å². The Morgan fingerprint density at radius 2 is 2.33 bits per heavy atom. The molecule has 0 aliphatic carbocycles. The van der Waals surface area contributed by atoms with Crippen molar-refractivity contribution in [1.82, 2.24) is 14.5 Å². The third-order valence-electron chi connectivity index (χ3n) is 4.63. The van der Waals surface area contributed by atoms with Gasteiger partial charge in [0.25, 0.3) is 0 Å². The quantitative estimate of drug-likeness (QED) is 0.854. The summed E-state index contributed by atoms with van der Waals surface area (Å²) < 4.78 is 7.84. The van der Waals surface area contributed by atoms with E-state index in [9.17, 15) is 4.79 Å². The summed E-state index contributed by atoms with van der Waals surface area (Å²) in [4.78, 5) is 18.9. The van der Waals surface area contributed by atoms with E-state index in [2.05, 4.69) is 22.7 Å². The predicted molar refractivity (Wildman–Crippen MR) is 80.0 cm³/mol. The Bertz CT molecular complexity index is 480. The highest BCUT2D eigenvalue weighted by Crippen LogP contribution is 2.25. The molecule has 0 unspecified atom stereocenters. The number of imidazole rings is 1. The molecule has 2 aliphatic heterocycles. The fraction of sp³-hybridized carbons (Fsp3) is 0.750. The smallest absolute Gasteiger partial charge is 0.225 e. The molecular weight excluding hydrogens is 266 g/mol. The van der Waals surface area contributed by atoms with Crippen molar-refractivity contribution in [3.8, 4) is 0 Å². The number of aryl methyl sites for hydroxylation is 1. The molecule has 0 aromatic carbocycles. The van der Waals surface area contributed by atoms with Crippen molar-refractivity contribution in [2.24, 2.45) is 0 Å². The summed E-state index contributed by atoms with van der Waals surface area (Å²) in [5, 5.41) is 0. The van der Waals surface area contributed by atoms with Crippen LogP contribution in [0, 0.1) is 0 Å². The van der Waals surface area contributed by atoms with Gasteiger partial charge in [-0.05, 0) is 25.7 Å². The van der Waals surface area contributed by atoms with E-state index in [1.165, 1.54) is 0 Å². The van der Waals surface area contributed by atoms with Crippen LogP contribution in [-0.2, 0) is 16.0 Å².